The summed E-state index contributed by atoms with van der Waals surface area (Å²) in [6, 6.07) is 2.97. The maximum absolute atomic E-state index is 12.7. The van der Waals surface area contributed by atoms with E-state index in [0.717, 1.165) is 18.2 Å². The van der Waals surface area contributed by atoms with Gasteiger partial charge in [0.05, 0.1) is 11.6 Å². The Morgan fingerprint density at radius 1 is 1.30 bits per heavy atom. The summed E-state index contributed by atoms with van der Waals surface area (Å²) in [5.41, 5.74) is -2.21. The Morgan fingerprint density at radius 3 is 2.43 bits per heavy atom. The molecular formula is C18H20ClF3N4O4. The molecule has 0 unspecified atom stereocenters. The van der Waals surface area contributed by atoms with Crippen molar-refractivity contribution in [2.24, 2.45) is 0 Å². The average Bonchev–Trinajstić information content (AvgIpc) is 2.57. The summed E-state index contributed by atoms with van der Waals surface area (Å²) in [7, 11) is 3.23. The predicted molar refractivity (Wildman–Crippen MR) is 104 cm³/mol. The highest BCUT2D eigenvalue weighted by Crippen LogP contribution is 2.34. The van der Waals surface area contributed by atoms with Gasteiger partial charge in [0, 0.05) is 25.2 Å². The van der Waals surface area contributed by atoms with Gasteiger partial charge in [0.25, 0.3) is 11.5 Å². The first-order valence-electron chi connectivity index (χ1n) is 8.54. The maximum atomic E-state index is 12.7. The lowest BCUT2D eigenvalue weighted by atomic mass is 9.91. The van der Waals surface area contributed by atoms with Crippen LogP contribution in [0.3, 0.4) is 0 Å². The number of amides is 1. The van der Waals surface area contributed by atoms with Crippen LogP contribution in [0, 0.1) is 0 Å². The van der Waals surface area contributed by atoms with E-state index in [2.05, 4.69) is 20.0 Å². The highest BCUT2D eigenvalue weighted by atomic mass is 35.5. The van der Waals surface area contributed by atoms with Crippen LogP contribution in [0.15, 0.2) is 29.1 Å². The van der Waals surface area contributed by atoms with Crippen molar-refractivity contribution in [2.45, 2.75) is 31.9 Å². The van der Waals surface area contributed by atoms with Crippen molar-refractivity contribution in [2.75, 3.05) is 19.0 Å². The number of H-pyrrole nitrogens is 1. The number of aromatic amines is 1. The third-order valence-electron chi connectivity index (χ3n) is 3.88. The van der Waals surface area contributed by atoms with Crippen LogP contribution in [-0.4, -0.2) is 47.0 Å². The monoisotopic (exact) mass is 448 g/mol. The summed E-state index contributed by atoms with van der Waals surface area (Å²) >= 11 is 6.09. The van der Waals surface area contributed by atoms with Gasteiger partial charge >= 0.3 is 6.36 Å². The molecule has 1 atom stereocenters. The number of alkyl halides is 3. The van der Waals surface area contributed by atoms with Crippen molar-refractivity contribution in [3.63, 3.8) is 0 Å². The van der Waals surface area contributed by atoms with Crippen molar-refractivity contribution in [1.82, 2.24) is 15.3 Å². The Morgan fingerprint density at radius 2 is 1.93 bits per heavy atom. The molecule has 1 aromatic carbocycles. The van der Waals surface area contributed by atoms with Gasteiger partial charge in [-0.1, -0.05) is 17.7 Å². The Hall–Kier alpha value is -2.79. The lowest BCUT2D eigenvalue weighted by Gasteiger charge is -2.31. The largest absolute Gasteiger partial charge is 0.573 e. The zero-order chi connectivity index (χ0) is 22.9. The van der Waals surface area contributed by atoms with E-state index in [4.69, 9.17) is 11.6 Å². The van der Waals surface area contributed by atoms with Crippen molar-refractivity contribution in [1.29, 1.82) is 0 Å². The van der Waals surface area contributed by atoms with E-state index in [1.165, 1.54) is 24.8 Å². The van der Waals surface area contributed by atoms with E-state index >= 15 is 0 Å². The zero-order valence-corrected chi connectivity index (χ0v) is 17.2. The summed E-state index contributed by atoms with van der Waals surface area (Å²) in [6.45, 7) is 2.76. The van der Waals surface area contributed by atoms with Crippen LogP contribution in [0.4, 0.5) is 19.1 Å². The molecule has 1 amide bonds. The molecule has 2 rings (SSSR count). The molecule has 0 saturated heterocycles. The molecule has 0 spiro atoms. The van der Waals surface area contributed by atoms with Gasteiger partial charge in [0.1, 0.15) is 11.4 Å². The molecule has 8 nitrogen and oxygen atoms in total. The zero-order valence-electron chi connectivity index (χ0n) is 16.5. The van der Waals surface area contributed by atoms with E-state index in [-0.39, 0.29) is 22.2 Å². The minimum Gasteiger partial charge on any atom is -0.406 e. The minimum atomic E-state index is -4.90. The van der Waals surface area contributed by atoms with Gasteiger partial charge in [0.15, 0.2) is 0 Å². The van der Waals surface area contributed by atoms with Crippen LogP contribution in [0.25, 0.3) is 0 Å². The number of hydrogen-bond donors (Lipinski definition) is 3. The van der Waals surface area contributed by atoms with E-state index in [1.54, 1.807) is 14.1 Å². The van der Waals surface area contributed by atoms with E-state index in [1.807, 2.05) is 0 Å². The van der Waals surface area contributed by atoms with Gasteiger partial charge < -0.3 is 20.1 Å². The molecule has 0 fully saturated rings. The number of aliphatic hydroxyl groups is 1. The smallest absolute Gasteiger partial charge is 0.406 e. The van der Waals surface area contributed by atoms with Crippen LogP contribution in [-0.2, 0) is 0 Å². The second-order valence-electron chi connectivity index (χ2n) is 7.14. The number of hydrogen-bond acceptors (Lipinski definition) is 6. The summed E-state index contributed by atoms with van der Waals surface area (Å²) in [5.74, 6) is -1.20. The van der Waals surface area contributed by atoms with Crippen LogP contribution < -0.4 is 20.5 Å². The first-order valence-corrected chi connectivity index (χ1v) is 8.92. The summed E-state index contributed by atoms with van der Waals surface area (Å²) in [6.07, 6.45) is -4.90. The summed E-state index contributed by atoms with van der Waals surface area (Å²) in [4.78, 5) is 32.5. The second-order valence-corrected chi connectivity index (χ2v) is 7.55. The number of ether oxygens (including phenoxy) is 1. The lowest BCUT2D eigenvalue weighted by molar-refractivity contribution is -0.274. The van der Waals surface area contributed by atoms with Gasteiger partial charge in [-0.25, -0.2) is 4.98 Å². The predicted octanol–water partition coefficient (Wildman–Crippen LogP) is 2.63. The number of anilines is 1. The first-order chi connectivity index (χ1) is 13.7. The normalized spacial score (nSPS) is 13.0. The molecule has 0 bridgehead atoms. The molecular weight excluding hydrogens is 429 g/mol. The SMILES string of the molecule is CN(C)c1nc(C(=O)N[C@@H](c2ccc(OC(F)(F)F)cc2Cl)C(C)(C)O)cc(=O)[nH]1. The number of carbonyl (C=O) groups excluding carboxylic acids is 1. The molecule has 2 aromatic rings. The van der Waals surface area contributed by atoms with Gasteiger partial charge in [-0.3, -0.25) is 14.6 Å². The fourth-order valence-corrected chi connectivity index (χ4v) is 2.83. The lowest BCUT2D eigenvalue weighted by Crippen LogP contribution is -2.43. The highest BCUT2D eigenvalue weighted by Gasteiger charge is 2.34. The summed E-state index contributed by atoms with van der Waals surface area (Å²) < 4.78 is 41.0. The van der Waals surface area contributed by atoms with Crippen LogP contribution in [0.1, 0.15) is 35.9 Å². The number of benzene rings is 1. The van der Waals surface area contributed by atoms with Crippen molar-refractivity contribution in [3.05, 3.63) is 50.9 Å². The Balaban J connectivity index is 2.38. The first kappa shape index (κ1) is 23.5. The molecule has 0 aliphatic heterocycles. The minimum absolute atomic E-state index is 0.138. The molecule has 0 aliphatic rings. The van der Waals surface area contributed by atoms with Crippen LogP contribution in [0.5, 0.6) is 5.75 Å². The van der Waals surface area contributed by atoms with Crippen molar-refractivity contribution >= 4 is 23.5 Å². The van der Waals surface area contributed by atoms with Gasteiger partial charge in [-0.05, 0) is 31.5 Å². The van der Waals surface area contributed by atoms with Crippen LogP contribution in [0.2, 0.25) is 5.02 Å². The Kier molecular flexibility index (Phi) is 6.67. The number of nitrogens with zero attached hydrogens (tertiary/aromatic N) is 2. The standard InChI is InChI=1S/C18H20ClF3N4O4/c1-17(2,29)14(10-6-5-9(7-11(10)19)30-18(20,21)22)25-15(28)12-8-13(27)24-16(23-12)26(3)4/h5-8,14,29H,1-4H3,(H,25,28)(H,23,24,27)/t14-/m0/s1. The maximum Gasteiger partial charge on any atom is 0.573 e. The van der Waals surface area contributed by atoms with E-state index in [9.17, 15) is 27.9 Å². The number of rotatable bonds is 6. The third kappa shape index (κ3) is 6.10. The van der Waals surface area contributed by atoms with E-state index < -0.39 is 35.2 Å². The van der Waals surface area contributed by atoms with Gasteiger partial charge in [-0.15, -0.1) is 13.2 Å². The molecule has 0 saturated carbocycles. The fraction of sp³-hybridized carbons (Fsp3) is 0.389. The molecule has 12 heteroatoms. The fourth-order valence-electron chi connectivity index (χ4n) is 2.55. The van der Waals surface area contributed by atoms with Crippen LogP contribution >= 0.6 is 11.6 Å². The molecule has 164 valence electrons. The van der Waals surface area contributed by atoms with E-state index in [0.29, 0.717) is 0 Å². The van der Waals surface area contributed by atoms with Gasteiger partial charge in [0.2, 0.25) is 5.95 Å². The number of nitrogens with one attached hydrogen (secondary N) is 2. The molecule has 1 heterocycles. The number of halogens is 4. The van der Waals surface area contributed by atoms with Gasteiger partial charge in [-0.2, -0.15) is 0 Å². The molecule has 0 radical (unpaired) electrons. The van der Waals surface area contributed by atoms with Crippen molar-refractivity contribution in [3.8, 4) is 5.75 Å². The molecule has 1 aromatic heterocycles. The number of aromatic nitrogens is 2. The second kappa shape index (κ2) is 8.52. The highest BCUT2D eigenvalue weighted by molar-refractivity contribution is 6.31. The summed E-state index contributed by atoms with van der Waals surface area (Å²) in [5, 5.41) is 12.9. The topological polar surface area (TPSA) is 108 Å². The average molecular weight is 449 g/mol. The molecule has 30 heavy (non-hydrogen) atoms. The Bertz CT molecular complexity index is 987. The third-order valence-corrected chi connectivity index (χ3v) is 4.21. The molecule has 0 aliphatic carbocycles. The number of carbonyl (C=O) groups is 1. The molecule has 3 N–H and O–H groups in total. The quantitative estimate of drug-likeness (QED) is 0.627. The Labute approximate surface area is 174 Å². The van der Waals surface area contributed by atoms with Crippen molar-refractivity contribution < 1.29 is 27.8 Å².